The number of pyridine rings is 1. The van der Waals surface area contributed by atoms with E-state index in [0.29, 0.717) is 17.2 Å². The van der Waals surface area contributed by atoms with Crippen LogP contribution in [0.2, 0.25) is 5.02 Å². The van der Waals surface area contributed by atoms with Crippen molar-refractivity contribution < 1.29 is 9.53 Å². The molecule has 29 heavy (non-hydrogen) atoms. The lowest BCUT2D eigenvalue weighted by molar-refractivity contribution is 0.0594. The summed E-state index contributed by atoms with van der Waals surface area (Å²) in [5.74, 6) is 0.339. The number of ether oxygens (including phenoxy) is 1. The molecule has 0 aliphatic rings. The standard InChI is InChI=1S/C23H20ClN3O2/c1-14-11-20(23(28)29-3)26-22-21(14)25-15(2)27(22)13-18-10-9-17(12-19(18)24)16-7-5-4-6-8-16/h4-12H,13H2,1-3H3. The zero-order chi connectivity index (χ0) is 20.5. The molecule has 0 aliphatic carbocycles. The minimum Gasteiger partial charge on any atom is -0.464 e. The Labute approximate surface area is 173 Å². The second-order valence-electron chi connectivity index (χ2n) is 6.91. The Bertz CT molecular complexity index is 1220. The lowest BCUT2D eigenvalue weighted by Gasteiger charge is -2.11. The highest BCUT2D eigenvalue weighted by Crippen LogP contribution is 2.28. The van der Waals surface area contributed by atoms with Crippen molar-refractivity contribution in [3.8, 4) is 11.1 Å². The molecule has 2 aromatic heterocycles. The van der Waals surface area contributed by atoms with Gasteiger partial charge >= 0.3 is 5.97 Å². The van der Waals surface area contributed by atoms with Crippen molar-refractivity contribution in [2.24, 2.45) is 0 Å². The zero-order valence-corrected chi connectivity index (χ0v) is 17.2. The molecule has 4 rings (SSSR count). The molecule has 2 aromatic carbocycles. The van der Waals surface area contributed by atoms with Crippen LogP contribution in [0.5, 0.6) is 0 Å². The number of benzene rings is 2. The molecule has 146 valence electrons. The quantitative estimate of drug-likeness (QED) is 0.438. The zero-order valence-electron chi connectivity index (χ0n) is 16.4. The summed E-state index contributed by atoms with van der Waals surface area (Å²) < 4.78 is 6.80. The molecule has 0 atom stereocenters. The predicted molar refractivity (Wildman–Crippen MR) is 114 cm³/mol. The maximum Gasteiger partial charge on any atom is 0.356 e. The van der Waals surface area contributed by atoms with Gasteiger partial charge < -0.3 is 9.30 Å². The van der Waals surface area contributed by atoms with Gasteiger partial charge in [-0.05, 0) is 48.2 Å². The minimum absolute atomic E-state index is 0.268. The van der Waals surface area contributed by atoms with Gasteiger partial charge in [-0.2, -0.15) is 0 Å². The molecule has 4 aromatic rings. The highest BCUT2D eigenvalue weighted by molar-refractivity contribution is 6.31. The van der Waals surface area contributed by atoms with Crippen molar-refractivity contribution in [3.05, 3.63) is 82.3 Å². The Kier molecular flexibility index (Phi) is 5.07. The number of esters is 1. The topological polar surface area (TPSA) is 57.0 Å². The molecule has 0 N–H and O–H groups in total. The third-order valence-corrected chi connectivity index (χ3v) is 5.32. The Morgan fingerprint density at radius 2 is 1.79 bits per heavy atom. The first kappa shape index (κ1) is 19.2. The Balaban J connectivity index is 1.75. The number of carbonyl (C=O) groups is 1. The van der Waals surface area contributed by atoms with Crippen molar-refractivity contribution in [1.82, 2.24) is 14.5 Å². The Morgan fingerprint density at radius 3 is 2.48 bits per heavy atom. The molecular weight excluding hydrogens is 386 g/mol. The summed E-state index contributed by atoms with van der Waals surface area (Å²) in [7, 11) is 1.35. The van der Waals surface area contributed by atoms with Crippen molar-refractivity contribution in [1.29, 1.82) is 0 Å². The number of aromatic nitrogens is 3. The summed E-state index contributed by atoms with van der Waals surface area (Å²) in [6.07, 6.45) is 0. The van der Waals surface area contributed by atoms with Gasteiger partial charge in [-0.1, -0.05) is 54.1 Å². The van der Waals surface area contributed by atoms with Crippen molar-refractivity contribution >= 4 is 28.7 Å². The Morgan fingerprint density at radius 1 is 1.03 bits per heavy atom. The molecule has 0 radical (unpaired) electrons. The van der Waals surface area contributed by atoms with Crippen LogP contribution >= 0.6 is 11.6 Å². The first-order chi connectivity index (χ1) is 14.0. The number of hydrogen-bond donors (Lipinski definition) is 0. The van der Waals surface area contributed by atoms with E-state index in [9.17, 15) is 4.79 Å². The summed E-state index contributed by atoms with van der Waals surface area (Å²) >= 11 is 6.61. The largest absolute Gasteiger partial charge is 0.464 e. The number of aryl methyl sites for hydroxylation is 2. The molecule has 0 amide bonds. The Hall–Kier alpha value is -3.18. The SMILES string of the molecule is COC(=O)c1cc(C)c2nc(C)n(Cc3ccc(-c4ccccc4)cc3Cl)c2n1. The van der Waals surface area contributed by atoms with Gasteiger partial charge in [0.15, 0.2) is 11.3 Å². The monoisotopic (exact) mass is 405 g/mol. The van der Waals surface area contributed by atoms with E-state index in [0.717, 1.165) is 33.6 Å². The van der Waals surface area contributed by atoms with Crippen molar-refractivity contribution in [2.45, 2.75) is 20.4 Å². The first-order valence-corrected chi connectivity index (χ1v) is 9.62. The summed E-state index contributed by atoms with van der Waals surface area (Å²) in [6, 6.07) is 17.9. The van der Waals surface area contributed by atoms with E-state index in [1.165, 1.54) is 7.11 Å². The fraction of sp³-hybridized carbons (Fsp3) is 0.174. The van der Waals surface area contributed by atoms with E-state index in [-0.39, 0.29) is 5.69 Å². The van der Waals surface area contributed by atoms with E-state index in [4.69, 9.17) is 16.3 Å². The predicted octanol–water partition coefficient (Wildman–Crippen LogP) is 5.20. The van der Waals surface area contributed by atoms with E-state index in [1.807, 2.05) is 48.7 Å². The molecular formula is C23H20ClN3O2. The second kappa shape index (κ2) is 7.68. The van der Waals surface area contributed by atoms with Gasteiger partial charge in [0.25, 0.3) is 0 Å². The minimum atomic E-state index is -0.467. The summed E-state index contributed by atoms with van der Waals surface area (Å²) in [5, 5.41) is 0.674. The van der Waals surface area contributed by atoms with Crippen LogP contribution in [0.25, 0.3) is 22.3 Å². The molecule has 0 spiro atoms. The van der Waals surface area contributed by atoms with Crippen LogP contribution in [0, 0.1) is 13.8 Å². The van der Waals surface area contributed by atoms with Crippen LogP contribution in [0.15, 0.2) is 54.6 Å². The number of halogens is 1. The van der Waals surface area contributed by atoms with Gasteiger partial charge in [-0.25, -0.2) is 14.8 Å². The van der Waals surface area contributed by atoms with Crippen LogP contribution in [0.4, 0.5) is 0 Å². The van der Waals surface area contributed by atoms with E-state index in [1.54, 1.807) is 6.07 Å². The average Bonchev–Trinajstić information content (AvgIpc) is 3.05. The van der Waals surface area contributed by atoms with Crippen molar-refractivity contribution in [2.75, 3.05) is 7.11 Å². The molecule has 5 nitrogen and oxygen atoms in total. The maximum absolute atomic E-state index is 12.0. The number of fused-ring (bicyclic) bond motifs is 1. The lowest BCUT2D eigenvalue weighted by atomic mass is 10.0. The summed E-state index contributed by atoms with van der Waals surface area (Å²) in [6.45, 7) is 4.34. The summed E-state index contributed by atoms with van der Waals surface area (Å²) in [4.78, 5) is 21.1. The molecule has 0 fully saturated rings. The van der Waals surface area contributed by atoms with Crippen LogP contribution < -0.4 is 0 Å². The third kappa shape index (κ3) is 3.61. The normalized spacial score (nSPS) is 11.0. The average molecular weight is 406 g/mol. The van der Waals surface area contributed by atoms with Gasteiger partial charge in [0.05, 0.1) is 13.7 Å². The number of nitrogens with zero attached hydrogens (tertiary/aromatic N) is 3. The number of methoxy groups -OCH3 is 1. The number of rotatable bonds is 4. The molecule has 0 unspecified atom stereocenters. The smallest absolute Gasteiger partial charge is 0.356 e. The van der Waals surface area contributed by atoms with Gasteiger partial charge in [0.2, 0.25) is 0 Å². The summed E-state index contributed by atoms with van der Waals surface area (Å²) in [5.41, 5.74) is 5.70. The molecule has 0 saturated heterocycles. The molecule has 0 bridgehead atoms. The van der Waals surface area contributed by atoms with E-state index < -0.39 is 5.97 Å². The van der Waals surface area contributed by atoms with Crippen molar-refractivity contribution in [3.63, 3.8) is 0 Å². The maximum atomic E-state index is 12.0. The highest BCUT2D eigenvalue weighted by Gasteiger charge is 2.17. The fourth-order valence-corrected chi connectivity index (χ4v) is 3.65. The molecule has 0 saturated carbocycles. The van der Waals surface area contributed by atoms with Gasteiger partial charge in [0, 0.05) is 5.02 Å². The van der Waals surface area contributed by atoms with Crippen LogP contribution in [-0.4, -0.2) is 27.6 Å². The number of imidazole rings is 1. The molecule has 2 heterocycles. The van der Waals surface area contributed by atoms with Gasteiger partial charge in [-0.3, -0.25) is 0 Å². The van der Waals surface area contributed by atoms with E-state index >= 15 is 0 Å². The molecule has 0 aliphatic heterocycles. The first-order valence-electron chi connectivity index (χ1n) is 9.24. The second-order valence-corrected chi connectivity index (χ2v) is 7.31. The van der Waals surface area contributed by atoms with Crippen LogP contribution in [-0.2, 0) is 11.3 Å². The number of hydrogen-bond acceptors (Lipinski definition) is 4. The van der Waals surface area contributed by atoms with Gasteiger partial charge in [-0.15, -0.1) is 0 Å². The van der Waals surface area contributed by atoms with Crippen LogP contribution in [0.1, 0.15) is 27.4 Å². The number of carbonyl (C=O) groups excluding carboxylic acids is 1. The van der Waals surface area contributed by atoms with E-state index in [2.05, 4.69) is 28.2 Å². The third-order valence-electron chi connectivity index (χ3n) is 4.97. The molecule has 6 heteroatoms. The van der Waals surface area contributed by atoms with Gasteiger partial charge in [0.1, 0.15) is 11.3 Å². The van der Waals surface area contributed by atoms with Crippen LogP contribution in [0.3, 0.4) is 0 Å². The highest BCUT2D eigenvalue weighted by atomic mass is 35.5. The fourth-order valence-electron chi connectivity index (χ4n) is 3.41. The lowest BCUT2D eigenvalue weighted by Crippen LogP contribution is -2.08.